The molecule has 2 aliphatic rings. The lowest BCUT2D eigenvalue weighted by molar-refractivity contribution is -0.130. The van der Waals surface area contributed by atoms with Crippen LogP contribution in [-0.2, 0) is 17.8 Å². The molecule has 3 rings (SSSR count). The number of rotatable bonds is 3. The summed E-state index contributed by atoms with van der Waals surface area (Å²) in [5.41, 5.74) is 2.64. The van der Waals surface area contributed by atoms with Crippen LogP contribution in [0.2, 0.25) is 0 Å². The summed E-state index contributed by atoms with van der Waals surface area (Å²) in [6, 6.07) is 8.40. The molecule has 1 saturated heterocycles. The quantitative estimate of drug-likeness (QED) is 0.404. The predicted molar refractivity (Wildman–Crippen MR) is 120 cm³/mol. The topological polar surface area (TPSA) is 47.9 Å². The SMILES string of the molecule is CCC1CN(C(=NC)NCC(=O)N2CCc3ccccc3C2)CCS1.I. The molecule has 1 fully saturated rings. The molecule has 0 radical (unpaired) electrons. The highest BCUT2D eigenvalue weighted by Crippen LogP contribution is 2.21. The highest BCUT2D eigenvalue weighted by atomic mass is 127. The third kappa shape index (κ3) is 5.28. The Morgan fingerprint density at radius 1 is 1.27 bits per heavy atom. The number of aliphatic imine (C=N–C) groups is 1. The summed E-state index contributed by atoms with van der Waals surface area (Å²) in [6.45, 7) is 6.06. The first-order chi connectivity index (χ1) is 12.2. The van der Waals surface area contributed by atoms with Gasteiger partial charge in [-0.25, -0.2) is 0 Å². The second-order valence-corrected chi connectivity index (χ2v) is 7.99. The first kappa shape index (κ1) is 21.3. The molecule has 1 aromatic rings. The lowest BCUT2D eigenvalue weighted by atomic mass is 10.00. The molecule has 7 heteroatoms. The molecule has 1 amide bonds. The lowest BCUT2D eigenvalue weighted by Crippen LogP contribution is -2.50. The zero-order valence-corrected chi connectivity index (χ0v) is 18.8. The number of carbonyl (C=O) groups excluding carboxylic acids is 1. The van der Waals surface area contributed by atoms with Crippen LogP contribution in [-0.4, -0.2) is 65.9 Å². The fourth-order valence-electron chi connectivity index (χ4n) is 3.47. The number of fused-ring (bicyclic) bond motifs is 1. The molecule has 0 aliphatic carbocycles. The van der Waals surface area contributed by atoms with Gasteiger partial charge in [0.2, 0.25) is 5.91 Å². The maximum absolute atomic E-state index is 12.6. The van der Waals surface area contributed by atoms with E-state index in [2.05, 4.69) is 40.3 Å². The maximum atomic E-state index is 12.6. The van der Waals surface area contributed by atoms with Gasteiger partial charge in [-0.3, -0.25) is 9.79 Å². The van der Waals surface area contributed by atoms with Gasteiger partial charge in [0.1, 0.15) is 0 Å². The average Bonchev–Trinajstić information content (AvgIpc) is 2.68. The molecule has 144 valence electrons. The van der Waals surface area contributed by atoms with Crippen LogP contribution in [0.3, 0.4) is 0 Å². The number of nitrogens with one attached hydrogen (secondary N) is 1. The minimum Gasteiger partial charge on any atom is -0.347 e. The monoisotopic (exact) mass is 488 g/mol. The largest absolute Gasteiger partial charge is 0.347 e. The van der Waals surface area contributed by atoms with Crippen molar-refractivity contribution in [1.29, 1.82) is 0 Å². The van der Waals surface area contributed by atoms with Crippen molar-refractivity contribution >= 4 is 47.6 Å². The fourth-order valence-corrected chi connectivity index (χ4v) is 4.65. The minimum absolute atomic E-state index is 0. The van der Waals surface area contributed by atoms with Gasteiger partial charge in [0, 0.05) is 44.2 Å². The maximum Gasteiger partial charge on any atom is 0.242 e. The van der Waals surface area contributed by atoms with Crippen molar-refractivity contribution in [1.82, 2.24) is 15.1 Å². The van der Waals surface area contributed by atoms with E-state index in [4.69, 9.17) is 0 Å². The van der Waals surface area contributed by atoms with E-state index in [-0.39, 0.29) is 29.9 Å². The Morgan fingerprint density at radius 3 is 2.77 bits per heavy atom. The lowest BCUT2D eigenvalue weighted by Gasteiger charge is -2.35. The number of thioether (sulfide) groups is 1. The molecule has 1 aromatic carbocycles. The Bertz CT molecular complexity index is 640. The van der Waals surface area contributed by atoms with Crippen molar-refractivity contribution in [2.45, 2.75) is 31.6 Å². The van der Waals surface area contributed by atoms with E-state index in [9.17, 15) is 4.79 Å². The zero-order valence-electron chi connectivity index (χ0n) is 15.6. The number of benzene rings is 1. The van der Waals surface area contributed by atoms with Gasteiger partial charge in [0.15, 0.2) is 5.96 Å². The third-order valence-electron chi connectivity index (χ3n) is 4.99. The number of halogens is 1. The van der Waals surface area contributed by atoms with Gasteiger partial charge in [0.05, 0.1) is 6.54 Å². The van der Waals surface area contributed by atoms with Crippen molar-refractivity contribution in [3.8, 4) is 0 Å². The Kier molecular flexibility index (Phi) is 8.53. The van der Waals surface area contributed by atoms with E-state index < -0.39 is 0 Å². The molecule has 0 saturated carbocycles. The summed E-state index contributed by atoms with van der Waals surface area (Å²) in [5, 5.41) is 3.93. The van der Waals surface area contributed by atoms with Gasteiger partial charge < -0.3 is 15.1 Å². The zero-order chi connectivity index (χ0) is 17.6. The Labute approximate surface area is 178 Å². The molecule has 0 aromatic heterocycles. The van der Waals surface area contributed by atoms with Gasteiger partial charge in [-0.15, -0.1) is 24.0 Å². The summed E-state index contributed by atoms with van der Waals surface area (Å²) in [5.74, 6) is 2.12. The summed E-state index contributed by atoms with van der Waals surface area (Å²) in [7, 11) is 1.80. The van der Waals surface area contributed by atoms with E-state index in [0.29, 0.717) is 18.3 Å². The molecular weight excluding hydrogens is 459 g/mol. The van der Waals surface area contributed by atoms with Crippen LogP contribution >= 0.6 is 35.7 Å². The molecule has 1 atom stereocenters. The average molecular weight is 488 g/mol. The van der Waals surface area contributed by atoms with E-state index in [1.165, 1.54) is 17.5 Å². The number of hydrogen-bond acceptors (Lipinski definition) is 3. The number of carbonyl (C=O) groups is 1. The van der Waals surface area contributed by atoms with Gasteiger partial charge >= 0.3 is 0 Å². The number of amides is 1. The van der Waals surface area contributed by atoms with Crippen molar-refractivity contribution in [3.63, 3.8) is 0 Å². The normalized spacial score (nSPS) is 20.2. The van der Waals surface area contributed by atoms with Crippen molar-refractivity contribution in [2.75, 3.05) is 39.0 Å². The Morgan fingerprint density at radius 2 is 2.04 bits per heavy atom. The minimum atomic E-state index is 0. The predicted octanol–water partition coefficient (Wildman–Crippen LogP) is 2.59. The van der Waals surface area contributed by atoms with Crippen molar-refractivity contribution < 1.29 is 4.79 Å². The smallest absolute Gasteiger partial charge is 0.242 e. The van der Waals surface area contributed by atoms with E-state index in [1.54, 1.807) is 7.05 Å². The summed E-state index contributed by atoms with van der Waals surface area (Å²) in [6.07, 6.45) is 2.11. The highest BCUT2D eigenvalue weighted by Gasteiger charge is 2.23. The van der Waals surface area contributed by atoms with Crippen LogP contribution in [0.1, 0.15) is 24.5 Å². The van der Waals surface area contributed by atoms with Crippen molar-refractivity contribution in [2.24, 2.45) is 4.99 Å². The molecular formula is C19H29IN4OS. The summed E-state index contributed by atoms with van der Waals surface area (Å²) in [4.78, 5) is 21.2. The molecule has 1 unspecified atom stereocenters. The molecule has 2 aliphatic heterocycles. The van der Waals surface area contributed by atoms with E-state index >= 15 is 0 Å². The summed E-state index contributed by atoms with van der Waals surface area (Å²) < 4.78 is 0. The van der Waals surface area contributed by atoms with Crippen LogP contribution in [0.25, 0.3) is 0 Å². The van der Waals surface area contributed by atoms with E-state index in [0.717, 1.165) is 37.8 Å². The van der Waals surface area contributed by atoms with E-state index in [1.807, 2.05) is 22.7 Å². The standard InChI is InChI=1S/C19H28N4OS.HI/c1-3-17-14-23(10-11-25-17)19(20-2)21-12-18(24)22-9-8-15-6-4-5-7-16(15)13-22;/h4-7,17H,3,8-14H2,1-2H3,(H,20,21);1H. The molecule has 5 nitrogen and oxygen atoms in total. The Hall–Kier alpha value is -0.960. The van der Waals surface area contributed by atoms with Crippen LogP contribution in [0, 0.1) is 0 Å². The van der Waals surface area contributed by atoms with Gasteiger partial charge in [-0.2, -0.15) is 11.8 Å². The summed E-state index contributed by atoms with van der Waals surface area (Å²) >= 11 is 2.04. The molecule has 0 bridgehead atoms. The first-order valence-corrected chi connectivity index (χ1v) is 10.2. The van der Waals surface area contributed by atoms with Gasteiger partial charge in [-0.1, -0.05) is 31.2 Å². The van der Waals surface area contributed by atoms with Crippen LogP contribution in [0.15, 0.2) is 29.3 Å². The second-order valence-electron chi connectivity index (χ2n) is 6.58. The first-order valence-electron chi connectivity index (χ1n) is 9.13. The van der Waals surface area contributed by atoms with Crippen molar-refractivity contribution in [3.05, 3.63) is 35.4 Å². The second kappa shape index (κ2) is 10.4. The van der Waals surface area contributed by atoms with Gasteiger partial charge in [-0.05, 0) is 24.0 Å². The van der Waals surface area contributed by atoms with Crippen LogP contribution < -0.4 is 5.32 Å². The number of guanidine groups is 1. The van der Waals surface area contributed by atoms with Crippen LogP contribution in [0.4, 0.5) is 0 Å². The number of nitrogens with zero attached hydrogens (tertiary/aromatic N) is 3. The van der Waals surface area contributed by atoms with Crippen LogP contribution in [0.5, 0.6) is 0 Å². The molecule has 2 heterocycles. The number of hydrogen-bond donors (Lipinski definition) is 1. The van der Waals surface area contributed by atoms with Gasteiger partial charge in [0.25, 0.3) is 0 Å². The molecule has 26 heavy (non-hydrogen) atoms. The highest BCUT2D eigenvalue weighted by molar-refractivity contribution is 14.0. The molecule has 0 spiro atoms. The fraction of sp³-hybridized carbons (Fsp3) is 0.579. The Balaban J connectivity index is 0.00000243. The molecule has 1 N–H and O–H groups in total. The third-order valence-corrected chi connectivity index (χ3v) is 6.36.